The summed E-state index contributed by atoms with van der Waals surface area (Å²) in [7, 11) is -3.66. The maximum atomic E-state index is 13.3. The lowest BCUT2D eigenvalue weighted by atomic mass is 10.1. The summed E-state index contributed by atoms with van der Waals surface area (Å²) in [6.45, 7) is 6.14. The molecule has 1 atom stereocenters. The molecule has 0 fully saturated rings. The first-order valence-electron chi connectivity index (χ1n) is 7.81. The fourth-order valence-corrected chi connectivity index (χ4v) is 4.92. The van der Waals surface area contributed by atoms with Crippen LogP contribution in [0.1, 0.15) is 25.0 Å². The predicted molar refractivity (Wildman–Crippen MR) is 91.6 cm³/mol. The summed E-state index contributed by atoms with van der Waals surface area (Å²) in [5.74, 6) is 0.420. The van der Waals surface area contributed by atoms with Crippen molar-refractivity contribution < 1.29 is 13.2 Å². The van der Waals surface area contributed by atoms with Gasteiger partial charge in [-0.1, -0.05) is 24.3 Å². The minimum atomic E-state index is -3.66. The number of aryl methyl sites for hydroxylation is 1. The van der Waals surface area contributed by atoms with E-state index < -0.39 is 10.0 Å². The summed E-state index contributed by atoms with van der Waals surface area (Å²) < 4.78 is 33.6. The largest absolute Gasteiger partial charge is 0.492 e. The number of nitrogens with zero attached hydrogens (tertiary/aromatic N) is 1. The van der Waals surface area contributed by atoms with Crippen molar-refractivity contribution in [2.24, 2.45) is 0 Å². The number of sulfonamides is 1. The molecule has 1 unspecified atom stereocenters. The van der Waals surface area contributed by atoms with Crippen LogP contribution in [0.15, 0.2) is 47.4 Å². The highest BCUT2D eigenvalue weighted by Gasteiger charge is 2.37. The Bertz CT molecular complexity index is 830. The van der Waals surface area contributed by atoms with E-state index in [0.29, 0.717) is 12.4 Å². The lowest BCUT2D eigenvalue weighted by Gasteiger charge is -2.25. The van der Waals surface area contributed by atoms with Crippen LogP contribution in [0.4, 0.5) is 5.69 Å². The minimum absolute atomic E-state index is 0.104. The first-order valence-corrected chi connectivity index (χ1v) is 9.25. The standard InChI is InChI=1S/C18H21NO3S/c1-4-22-17-11-13(2)9-10-18(17)23(20,21)19-14(3)12-15-7-5-6-8-16(15)19/h5-11,14H,4,12H2,1-3H3. The number of anilines is 1. The number of hydrogen-bond donors (Lipinski definition) is 0. The zero-order chi connectivity index (χ0) is 16.6. The van der Waals surface area contributed by atoms with Crippen molar-refractivity contribution in [1.29, 1.82) is 0 Å². The monoisotopic (exact) mass is 331 g/mol. The first-order chi connectivity index (χ1) is 10.9. The second-order valence-electron chi connectivity index (χ2n) is 5.87. The smallest absolute Gasteiger partial charge is 0.268 e. The third-order valence-electron chi connectivity index (χ3n) is 4.08. The molecule has 0 radical (unpaired) electrons. The summed E-state index contributed by atoms with van der Waals surface area (Å²) in [6.07, 6.45) is 0.727. The summed E-state index contributed by atoms with van der Waals surface area (Å²) in [6, 6.07) is 12.8. The van der Waals surface area contributed by atoms with Gasteiger partial charge in [-0.05, 0) is 56.5 Å². The second kappa shape index (κ2) is 5.89. The molecule has 0 saturated heterocycles. The van der Waals surface area contributed by atoms with Gasteiger partial charge in [-0.3, -0.25) is 4.31 Å². The molecule has 0 saturated carbocycles. The molecule has 3 rings (SSSR count). The van der Waals surface area contributed by atoms with Crippen LogP contribution < -0.4 is 9.04 Å². The first kappa shape index (κ1) is 15.9. The lowest BCUT2D eigenvalue weighted by molar-refractivity contribution is 0.331. The lowest BCUT2D eigenvalue weighted by Crippen LogP contribution is -2.36. The molecule has 122 valence electrons. The molecule has 1 heterocycles. The Morgan fingerprint density at radius 2 is 1.96 bits per heavy atom. The molecule has 2 aromatic carbocycles. The fourth-order valence-electron chi connectivity index (χ4n) is 3.11. The van der Waals surface area contributed by atoms with Gasteiger partial charge in [-0.2, -0.15) is 0 Å². The Hall–Kier alpha value is -2.01. The SMILES string of the molecule is CCOc1cc(C)ccc1S(=O)(=O)N1c2ccccc2CC1C. The van der Waals surface area contributed by atoms with E-state index in [1.165, 1.54) is 4.31 Å². The maximum Gasteiger partial charge on any atom is 0.268 e. The minimum Gasteiger partial charge on any atom is -0.492 e. The van der Waals surface area contributed by atoms with Crippen LogP contribution in [0, 0.1) is 6.92 Å². The van der Waals surface area contributed by atoms with Crippen molar-refractivity contribution in [2.75, 3.05) is 10.9 Å². The molecule has 0 bridgehead atoms. The molecular formula is C18H21NO3S. The van der Waals surface area contributed by atoms with E-state index in [0.717, 1.165) is 23.2 Å². The highest BCUT2D eigenvalue weighted by atomic mass is 32.2. The molecule has 1 aliphatic heterocycles. The quantitative estimate of drug-likeness (QED) is 0.861. The number of rotatable bonds is 4. The van der Waals surface area contributed by atoms with Gasteiger partial charge < -0.3 is 4.74 Å². The topological polar surface area (TPSA) is 46.6 Å². The molecule has 1 aliphatic rings. The molecule has 0 spiro atoms. The van der Waals surface area contributed by atoms with Crippen LogP contribution in [-0.4, -0.2) is 21.1 Å². The van der Waals surface area contributed by atoms with Gasteiger partial charge in [-0.15, -0.1) is 0 Å². The average Bonchev–Trinajstić information content (AvgIpc) is 2.83. The van der Waals surface area contributed by atoms with Crippen molar-refractivity contribution in [3.05, 3.63) is 53.6 Å². The Labute approximate surface area is 137 Å². The van der Waals surface area contributed by atoms with Gasteiger partial charge in [0.2, 0.25) is 0 Å². The zero-order valence-corrected chi connectivity index (χ0v) is 14.4. The third kappa shape index (κ3) is 2.70. The molecular weight excluding hydrogens is 310 g/mol. The zero-order valence-electron chi connectivity index (χ0n) is 13.6. The van der Waals surface area contributed by atoms with E-state index >= 15 is 0 Å². The van der Waals surface area contributed by atoms with E-state index in [2.05, 4.69) is 0 Å². The van der Waals surface area contributed by atoms with Crippen LogP contribution in [0.5, 0.6) is 5.75 Å². The molecule has 5 heteroatoms. The molecule has 4 nitrogen and oxygen atoms in total. The number of para-hydroxylation sites is 1. The van der Waals surface area contributed by atoms with Crippen molar-refractivity contribution in [3.8, 4) is 5.75 Å². The van der Waals surface area contributed by atoms with Gasteiger partial charge in [-0.25, -0.2) is 8.42 Å². The van der Waals surface area contributed by atoms with Crippen LogP contribution >= 0.6 is 0 Å². The van der Waals surface area contributed by atoms with Crippen LogP contribution in [0.2, 0.25) is 0 Å². The van der Waals surface area contributed by atoms with Crippen molar-refractivity contribution in [1.82, 2.24) is 0 Å². The number of ether oxygens (including phenoxy) is 1. The summed E-state index contributed by atoms with van der Waals surface area (Å²) in [5, 5.41) is 0. The van der Waals surface area contributed by atoms with Gasteiger partial charge in [0.05, 0.1) is 12.3 Å². The Morgan fingerprint density at radius 3 is 2.70 bits per heavy atom. The van der Waals surface area contributed by atoms with Crippen LogP contribution in [0.3, 0.4) is 0 Å². The van der Waals surface area contributed by atoms with Gasteiger partial charge >= 0.3 is 0 Å². The average molecular weight is 331 g/mol. The van der Waals surface area contributed by atoms with E-state index in [-0.39, 0.29) is 10.9 Å². The van der Waals surface area contributed by atoms with Crippen LogP contribution in [-0.2, 0) is 16.4 Å². The van der Waals surface area contributed by atoms with Gasteiger partial charge in [0.25, 0.3) is 10.0 Å². The molecule has 0 amide bonds. The third-order valence-corrected chi connectivity index (χ3v) is 6.05. The normalized spacial score (nSPS) is 17.2. The van der Waals surface area contributed by atoms with E-state index in [1.807, 2.05) is 51.1 Å². The Balaban J connectivity index is 2.13. The van der Waals surface area contributed by atoms with Crippen molar-refractivity contribution >= 4 is 15.7 Å². The molecule has 0 aliphatic carbocycles. The Kier molecular flexibility index (Phi) is 4.06. The molecule has 2 aromatic rings. The number of benzene rings is 2. The van der Waals surface area contributed by atoms with Gasteiger partial charge in [0.15, 0.2) is 0 Å². The predicted octanol–water partition coefficient (Wildman–Crippen LogP) is 3.53. The molecule has 0 N–H and O–H groups in total. The maximum absolute atomic E-state index is 13.3. The summed E-state index contributed by atoms with van der Waals surface area (Å²) in [4.78, 5) is 0.230. The van der Waals surface area contributed by atoms with Crippen LogP contribution in [0.25, 0.3) is 0 Å². The van der Waals surface area contributed by atoms with Crippen molar-refractivity contribution in [2.45, 2.75) is 38.1 Å². The van der Waals surface area contributed by atoms with E-state index in [9.17, 15) is 8.42 Å². The second-order valence-corrected chi connectivity index (χ2v) is 7.65. The Morgan fingerprint density at radius 1 is 1.22 bits per heavy atom. The van der Waals surface area contributed by atoms with E-state index in [4.69, 9.17) is 4.74 Å². The number of hydrogen-bond acceptors (Lipinski definition) is 3. The summed E-state index contributed by atoms with van der Waals surface area (Å²) in [5.41, 5.74) is 2.80. The highest BCUT2D eigenvalue weighted by Crippen LogP contribution is 2.38. The van der Waals surface area contributed by atoms with Crippen molar-refractivity contribution in [3.63, 3.8) is 0 Å². The van der Waals surface area contributed by atoms with Gasteiger partial charge in [0, 0.05) is 6.04 Å². The fraction of sp³-hybridized carbons (Fsp3) is 0.333. The van der Waals surface area contributed by atoms with Gasteiger partial charge in [0.1, 0.15) is 10.6 Å². The van der Waals surface area contributed by atoms with E-state index in [1.54, 1.807) is 12.1 Å². The highest BCUT2D eigenvalue weighted by molar-refractivity contribution is 7.93. The number of fused-ring (bicyclic) bond motifs is 1. The summed E-state index contributed by atoms with van der Waals surface area (Å²) >= 11 is 0. The molecule has 0 aromatic heterocycles. The molecule has 23 heavy (non-hydrogen) atoms.